The third-order valence-corrected chi connectivity index (χ3v) is 6.72. The number of ether oxygens (including phenoxy) is 1. The highest BCUT2D eigenvalue weighted by Gasteiger charge is 2.51. The molecule has 0 aromatic heterocycles. The van der Waals surface area contributed by atoms with Crippen LogP contribution < -0.4 is 4.74 Å². The van der Waals surface area contributed by atoms with E-state index in [0.717, 1.165) is 37.0 Å². The molecular weight excluding hydrogens is 374 g/mol. The molecule has 148 valence electrons. The number of halogens is 1. The molecule has 1 aliphatic heterocycles. The molecular formula is C23H26ClNO3. The molecule has 2 aromatic rings. The number of aliphatic hydroxyl groups is 1. The SMILES string of the molecule is COc1ccccc1[C@H]1[C@@H]2CCCC[C@]2(O)CCN1C(=O)c1ccccc1Cl. The Kier molecular flexibility index (Phi) is 5.35. The number of fused-ring (bicyclic) bond motifs is 1. The fourth-order valence-electron chi connectivity index (χ4n) is 4.99. The minimum absolute atomic E-state index is 0.0160. The summed E-state index contributed by atoms with van der Waals surface area (Å²) < 4.78 is 5.62. The molecule has 28 heavy (non-hydrogen) atoms. The number of rotatable bonds is 3. The molecule has 2 aromatic carbocycles. The van der Waals surface area contributed by atoms with E-state index in [1.54, 1.807) is 19.2 Å². The number of likely N-dealkylation sites (tertiary alicyclic amines) is 1. The van der Waals surface area contributed by atoms with E-state index in [1.807, 2.05) is 41.3 Å². The zero-order valence-corrected chi connectivity index (χ0v) is 16.9. The predicted molar refractivity (Wildman–Crippen MR) is 110 cm³/mol. The first-order chi connectivity index (χ1) is 13.5. The average Bonchev–Trinajstić information content (AvgIpc) is 2.72. The summed E-state index contributed by atoms with van der Waals surface area (Å²) in [7, 11) is 1.65. The van der Waals surface area contributed by atoms with Crippen LogP contribution >= 0.6 is 11.6 Å². The van der Waals surface area contributed by atoms with Crippen LogP contribution in [-0.4, -0.2) is 35.2 Å². The van der Waals surface area contributed by atoms with Crippen LogP contribution in [0.5, 0.6) is 5.75 Å². The van der Waals surface area contributed by atoms with Crippen molar-refractivity contribution in [2.45, 2.75) is 43.7 Å². The summed E-state index contributed by atoms with van der Waals surface area (Å²) in [6.45, 7) is 0.500. The number of carbonyl (C=O) groups is 1. The lowest BCUT2D eigenvalue weighted by atomic mass is 9.66. The third kappa shape index (κ3) is 3.29. The number of benzene rings is 2. The van der Waals surface area contributed by atoms with E-state index in [2.05, 4.69) is 0 Å². The van der Waals surface area contributed by atoms with E-state index in [9.17, 15) is 9.90 Å². The van der Waals surface area contributed by atoms with Gasteiger partial charge in [-0.15, -0.1) is 0 Å². The summed E-state index contributed by atoms with van der Waals surface area (Å²) in [5.41, 5.74) is 0.724. The topological polar surface area (TPSA) is 49.8 Å². The van der Waals surface area contributed by atoms with Crippen molar-refractivity contribution in [2.75, 3.05) is 13.7 Å². The fourth-order valence-corrected chi connectivity index (χ4v) is 5.21. The second-order valence-corrected chi connectivity index (χ2v) is 8.28. The Morgan fingerprint density at radius 3 is 2.68 bits per heavy atom. The first-order valence-electron chi connectivity index (χ1n) is 9.96. The van der Waals surface area contributed by atoms with E-state index in [-0.39, 0.29) is 17.9 Å². The number of carbonyl (C=O) groups excluding carboxylic acids is 1. The van der Waals surface area contributed by atoms with Crippen molar-refractivity contribution in [1.29, 1.82) is 0 Å². The van der Waals surface area contributed by atoms with Gasteiger partial charge in [0, 0.05) is 18.0 Å². The molecule has 3 atom stereocenters. The van der Waals surface area contributed by atoms with Gasteiger partial charge in [-0.1, -0.05) is 54.8 Å². The van der Waals surface area contributed by atoms with E-state index in [0.29, 0.717) is 23.6 Å². The number of amides is 1. The van der Waals surface area contributed by atoms with Gasteiger partial charge < -0.3 is 14.7 Å². The molecule has 1 heterocycles. The highest BCUT2D eigenvalue weighted by atomic mass is 35.5. The second kappa shape index (κ2) is 7.76. The molecule has 4 nitrogen and oxygen atoms in total. The van der Waals surface area contributed by atoms with Crippen molar-refractivity contribution < 1.29 is 14.6 Å². The van der Waals surface area contributed by atoms with Gasteiger partial charge in [-0.2, -0.15) is 0 Å². The molecule has 2 aliphatic rings. The Labute approximate surface area is 171 Å². The molecule has 0 radical (unpaired) electrons. The van der Waals surface area contributed by atoms with Crippen LogP contribution in [0.4, 0.5) is 0 Å². The predicted octanol–water partition coefficient (Wildman–Crippen LogP) is 4.86. The van der Waals surface area contributed by atoms with Gasteiger partial charge in [0.1, 0.15) is 5.75 Å². The summed E-state index contributed by atoms with van der Waals surface area (Å²) in [6.07, 6.45) is 4.37. The molecule has 1 N–H and O–H groups in total. The van der Waals surface area contributed by atoms with Crippen molar-refractivity contribution in [3.8, 4) is 5.75 Å². The summed E-state index contributed by atoms with van der Waals surface area (Å²) in [6, 6.07) is 14.8. The minimum atomic E-state index is -0.735. The number of hydrogen-bond donors (Lipinski definition) is 1. The molecule has 2 fully saturated rings. The van der Waals surface area contributed by atoms with Gasteiger partial charge in [0.05, 0.1) is 29.3 Å². The molecule has 1 aliphatic carbocycles. The van der Waals surface area contributed by atoms with Crippen LogP contribution in [0.3, 0.4) is 0 Å². The molecule has 0 unspecified atom stereocenters. The Morgan fingerprint density at radius 1 is 1.14 bits per heavy atom. The van der Waals surface area contributed by atoms with E-state index < -0.39 is 5.60 Å². The summed E-state index contributed by atoms with van der Waals surface area (Å²) in [4.78, 5) is 15.4. The van der Waals surface area contributed by atoms with Crippen LogP contribution in [0, 0.1) is 5.92 Å². The smallest absolute Gasteiger partial charge is 0.255 e. The zero-order valence-electron chi connectivity index (χ0n) is 16.1. The minimum Gasteiger partial charge on any atom is -0.496 e. The van der Waals surface area contributed by atoms with Crippen LogP contribution in [0.25, 0.3) is 0 Å². The van der Waals surface area contributed by atoms with E-state index in [1.165, 1.54) is 0 Å². The van der Waals surface area contributed by atoms with Crippen molar-refractivity contribution >= 4 is 17.5 Å². The molecule has 1 saturated heterocycles. The Bertz CT molecular complexity index is 870. The fraction of sp³-hybridized carbons (Fsp3) is 0.435. The van der Waals surface area contributed by atoms with Gasteiger partial charge in [-0.25, -0.2) is 0 Å². The van der Waals surface area contributed by atoms with Gasteiger partial charge in [-0.3, -0.25) is 4.79 Å². The summed E-state index contributed by atoms with van der Waals surface area (Å²) in [5.74, 6) is 0.645. The molecule has 1 saturated carbocycles. The van der Waals surface area contributed by atoms with Gasteiger partial charge in [0.25, 0.3) is 5.91 Å². The number of nitrogens with zero attached hydrogens (tertiary/aromatic N) is 1. The molecule has 0 spiro atoms. The zero-order chi connectivity index (χ0) is 19.7. The molecule has 4 rings (SSSR count). The summed E-state index contributed by atoms with van der Waals surface area (Å²) in [5, 5.41) is 11.9. The quantitative estimate of drug-likeness (QED) is 0.802. The first kappa shape index (κ1) is 19.3. The first-order valence-corrected chi connectivity index (χ1v) is 10.3. The lowest BCUT2D eigenvalue weighted by Gasteiger charge is -2.52. The van der Waals surface area contributed by atoms with Crippen molar-refractivity contribution in [1.82, 2.24) is 4.90 Å². The highest BCUT2D eigenvalue weighted by molar-refractivity contribution is 6.33. The number of methoxy groups -OCH3 is 1. The van der Waals surface area contributed by atoms with E-state index in [4.69, 9.17) is 16.3 Å². The Morgan fingerprint density at radius 2 is 1.89 bits per heavy atom. The van der Waals surface area contributed by atoms with Crippen LogP contribution in [0.1, 0.15) is 54.1 Å². The van der Waals surface area contributed by atoms with Crippen LogP contribution in [-0.2, 0) is 0 Å². The largest absolute Gasteiger partial charge is 0.496 e. The normalized spacial score (nSPS) is 27.2. The maximum absolute atomic E-state index is 13.5. The van der Waals surface area contributed by atoms with Gasteiger partial charge in [0.15, 0.2) is 0 Å². The number of piperidine rings is 1. The number of hydrogen-bond acceptors (Lipinski definition) is 3. The maximum Gasteiger partial charge on any atom is 0.255 e. The van der Waals surface area contributed by atoms with Crippen molar-refractivity contribution in [3.63, 3.8) is 0 Å². The van der Waals surface area contributed by atoms with Gasteiger partial charge >= 0.3 is 0 Å². The highest BCUT2D eigenvalue weighted by Crippen LogP contribution is 2.51. The number of para-hydroxylation sites is 1. The maximum atomic E-state index is 13.5. The molecule has 5 heteroatoms. The van der Waals surface area contributed by atoms with Crippen LogP contribution in [0.15, 0.2) is 48.5 Å². The second-order valence-electron chi connectivity index (χ2n) is 7.87. The molecule has 0 bridgehead atoms. The summed E-state index contributed by atoms with van der Waals surface area (Å²) >= 11 is 6.33. The lowest BCUT2D eigenvalue weighted by molar-refractivity contribution is -0.115. The Hall–Kier alpha value is -2.04. The van der Waals surface area contributed by atoms with Gasteiger partial charge in [-0.05, 0) is 37.5 Å². The van der Waals surface area contributed by atoms with E-state index >= 15 is 0 Å². The van der Waals surface area contributed by atoms with Crippen molar-refractivity contribution in [2.24, 2.45) is 5.92 Å². The Balaban J connectivity index is 1.80. The standard InChI is InChI=1S/C23H26ClNO3/c1-28-20-12-5-3-9-17(20)21-18-10-6-7-13-23(18,27)14-15-25(21)22(26)16-8-2-4-11-19(16)24/h2-5,8-9,11-12,18,21,27H,6-7,10,13-15H2,1H3/t18-,21-,23-/m0/s1. The molecule has 1 amide bonds. The van der Waals surface area contributed by atoms with Crippen LogP contribution in [0.2, 0.25) is 5.02 Å². The van der Waals surface area contributed by atoms with Gasteiger partial charge in [0.2, 0.25) is 0 Å². The average molecular weight is 400 g/mol. The lowest BCUT2D eigenvalue weighted by Crippen LogP contribution is -2.56. The monoisotopic (exact) mass is 399 g/mol. The third-order valence-electron chi connectivity index (χ3n) is 6.39. The van der Waals surface area contributed by atoms with Crippen molar-refractivity contribution in [3.05, 3.63) is 64.7 Å².